The lowest BCUT2D eigenvalue weighted by Gasteiger charge is -2.20. The minimum atomic E-state index is -1.22. The predicted molar refractivity (Wildman–Crippen MR) is 92.8 cm³/mol. The van der Waals surface area contributed by atoms with Crippen molar-refractivity contribution in [3.8, 4) is 6.07 Å². The van der Waals surface area contributed by atoms with E-state index in [9.17, 15) is 14.9 Å². The Labute approximate surface area is 149 Å². The van der Waals surface area contributed by atoms with Gasteiger partial charge in [-0.1, -0.05) is 12.1 Å². The zero-order chi connectivity index (χ0) is 18.3. The lowest BCUT2D eigenvalue weighted by atomic mass is 9.97. The van der Waals surface area contributed by atoms with Crippen LogP contribution in [-0.4, -0.2) is 26.2 Å². The number of carbonyl (C=O) groups excluding carboxylic acids is 2. The highest BCUT2D eigenvalue weighted by molar-refractivity contribution is 6.07. The van der Waals surface area contributed by atoms with E-state index in [4.69, 9.17) is 0 Å². The number of pyridine rings is 2. The van der Waals surface area contributed by atoms with Gasteiger partial charge in [-0.3, -0.25) is 14.7 Å². The Kier molecular flexibility index (Phi) is 3.48. The van der Waals surface area contributed by atoms with Crippen molar-refractivity contribution in [2.24, 2.45) is 0 Å². The quantitative estimate of drug-likeness (QED) is 0.737. The Hall–Kier alpha value is -3.66. The normalized spacial score (nSPS) is 19.6. The molecular weight excluding hydrogens is 330 g/mol. The Morgan fingerprint density at radius 2 is 2.04 bits per heavy atom. The first-order valence-electron chi connectivity index (χ1n) is 8.09. The summed E-state index contributed by atoms with van der Waals surface area (Å²) in [6, 6.07) is 12.4. The van der Waals surface area contributed by atoms with Crippen molar-refractivity contribution in [2.75, 3.05) is 0 Å². The number of imide groups is 1. The lowest BCUT2D eigenvalue weighted by molar-refractivity contribution is -0.131. The molecule has 7 nitrogen and oxygen atoms in total. The summed E-state index contributed by atoms with van der Waals surface area (Å²) in [6.45, 7) is 1.66. The summed E-state index contributed by atoms with van der Waals surface area (Å²) >= 11 is 0. The molecule has 0 radical (unpaired) electrons. The molecule has 3 amide bonds. The van der Waals surface area contributed by atoms with Gasteiger partial charge in [0.2, 0.25) is 0 Å². The second-order valence-corrected chi connectivity index (χ2v) is 6.30. The average molecular weight is 345 g/mol. The van der Waals surface area contributed by atoms with E-state index in [1.807, 2.05) is 28.8 Å². The summed E-state index contributed by atoms with van der Waals surface area (Å²) in [7, 11) is 0. The van der Waals surface area contributed by atoms with E-state index in [0.29, 0.717) is 16.8 Å². The number of carbonyl (C=O) groups is 2. The summed E-state index contributed by atoms with van der Waals surface area (Å²) in [4.78, 5) is 30.8. The number of rotatable bonds is 3. The van der Waals surface area contributed by atoms with Crippen molar-refractivity contribution in [3.63, 3.8) is 0 Å². The number of fused-ring (bicyclic) bond motifs is 1. The van der Waals surface area contributed by atoms with E-state index in [1.165, 1.54) is 0 Å². The Balaban J connectivity index is 1.71. The molecule has 1 atom stereocenters. The number of amides is 3. The Bertz CT molecular complexity index is 1070. The number of nitriles is 1. The van der Waals surface area contributed by atoms with Crippen LogP contribution in [0.4, 0.5) is 4.79 Å². The second kappa shape index (κ2) is 5.70. The lowest BCUT2D eigenvalue weighted by Crippen LogP contribution is -2.41. The number of hydrogen-bond donors (Lipinski definition) is 1. The molecule has 4 heterocycles. The number of nitrogens with one attached hydrogen (secondary N) is 1. The fourth-order valence-corrected chi connectivity index (χ4v) is 3.27. The molecular formula is C19H15N5O2. The van der Waals surface area contributed by atoms with Gasteiger partial charge >= 0.3 is 6.03 Å². The number of aromatic nitrogens is 2. The van der Waals surface area contributed by atoms with Gasteiger partial charge in [-0.05, 0) is 31.2 Å². The van der Waals surface area contributed by atoms with Gasteiger partial charge in [0.25, 0.3) is 5.91 Å². The van der Waals surface area contributed by atoms with Crippen LogP contribution in [0.3, 0.4) is 0 Å². The van der Waals surface area contributed by atoms with Crippen LogP contribution >= 0.6 is 0 Å². The largest absolute Gasteiger partial charge is 0.325 e. The summed E-state index contributed by atoms with van der Waals surface area (Å²) in [5.41, 5.74) is 1.07. The van der Waals surface area contributed by atoms with Crippen molar-refractivity contribution in [2.45, 2.75) is 19.0 Å². The first-order valence-corrected chi connectivity index (χ1v) is 8.09. The van der Waals surface area contributed by atoms with Crippen molar-refractivity contribution in [1.82, 2.24) is 19.6 Å². The summed E-state index contributed by atoms with van der Waals surface area (Å²) in [6.07, 6.45) is 5.17. The summed E-state index contributed by atoms with van der Waals surface area (Å²) < 4.78 is 1.81. The van der Waals surface area contributed by atoms with Crippen LogP contribution in [-0.2, 0) is 16.9 Å². The third-order valence-electron chi connectivity index (χ3n) is 4.65. The standard InChI is InChI=1S/C19H15N5O2/c1-19(16-7-2-4-8-21-16)17(25)24(18(26)22-19)12-13-11-23-9-5-3-6-15(23)14(13)10-20/h2-9,11H,12H2,1H3,(H,22,26)/t19-/m0/s1. The van der Waals surface area contributed by atoms with E-state index in [0.717, 1.165) is 10.4 Å². The molecule has 0 aromatic carbocycles. The van der Waals surface area contributed by atoms with Crippen LogP contribution in [0.2, 0.25) is 0 Å². The second-order valence-electron chi connectivity index (χ2n) is 6.30. The van der Waals surface area contributed by atoms with Crippen molar-refractivity contribution >= 4 is 17.5 Å². The number of hydrogen-bond acceptors (Lipinski definition) is 4. The fourth-order valence-electron chi connectivity index (χ4n) is 3.27. The minimum absolute atomic E-state index is 0.0255. The van der Waals surface area contributed by atoms with Gasteiger partial charge in [-0.15, -0.1) is 0 Å². The molecule has 3 aromatic rings. The maximum atomic E-state index is 13.0. The van der Waals surface area contributed by atoms with Crippen LogP contribution in [0, 0.1) is 11.3 Å². The summed E-state index contributed by atoms with van der Waals surface area (Å²) in [5, 5.41) is 12.2. The van der Waals surface area contributed by atoms with E-state index >= 15 is 0 Å². The van der Waals surface area contributed by atoms with E-state index in [2.05, 4.69) is 16.4 Å². The van der Waals surface area contributed by atoms with Gasteiger partial charge in [-0.2, -0.15) is 5.26 Å². The van der Waals surface area contributed by atoms with E-state index in [1.54, 1.807) is 37.5 Å². The third-order valence-corrected chi connectivity index (χ3v) is 4.65. The monoisotopic (exact) mass is 345 g/mol. The highest BCUT2D eigenvalue weighted by atomic mass is 16.2. The van der Waals surface area contributed by atoms with Crippen molar-refractivity contribution < 1.29 is 9.59 Å². The zero-order valence-corrected chi connectivity index (χ0v) is 14.0. The maximum absolute atomic E-state index is 13.0. The molecule has 1 fully saturated rings. The SMILES string of the molecule is C[C@@]1(c2ccccn2)NC(=O)N(Cc2cn3ccccc3c2C#N)C1=O. The smallest absolute Gasteiger partial charge is 0.322 e. The highest BCUT2D eigenvalue weighted by Crippen LogP contribution is 2.29. The van der Waals surface area contributed by atoms with Crippen molar-refractivity contribution in [1.29, 1.82) is 5.26 Å². The molecule has 1 N–H and O–H groups in total. The van der Waals surface area contributed by atoms with Gasteiger partial charge in [0.1, 0.15) is 6.07 Å². The Morgan fingerprint density at radius 3 is 2.77 bits per heavy atom. The van der Waals surface area contributed by atoms with Crippen molar-refractivity contribution in [3.05, 3.63) is 71.8 Å². The molecule has 4 rings (SSSR count). The zero-order valence-electron chi connectivity index (χ0n) is 14.0. The van der Waals surface area contributed by atoms with Gasteiger partial charge in [0.05, 0.1) is 23.3 Å². The van der Waals surface area contributed by atoms with Gasteiger partial charge in [0.15, 0.2) is 5.54 Å². The van der Waals surface area contributed by atoms with Gasteiger partial charge < -0.3 is 9.72 Å². The minimum Gasteiger partial charge on any atom is -0.322 e. The van der Waals surface area contributed by atoms with Crippen LogP contribution in [0.25, 0.3) is 5.52 Å². The molecule has 0 aliphatic carbocycles. The van der Waals surface area contributed by atoms with Gasteiger partial charge in [-0.25, -0.2) is 4.79 Å². The summed E-state index contributed by atoms with van der Waals surface area (Å²) in [5.74, 6) is -0.389. The van der Waals surface area contributed by atoms with Crippen LogP contribution in [0.1, 0.15) is 23.7 Å². The molecule has 0 bridgehead atoms. The highest BCUT2D eigenvalue weighted by Gasteiger charge is 2.50. The predicted octanol–water partition coefficient (Wildman–Crippen LogP) is 2.17. The fraction of sp³-hybridized carbons (Fsp3) is 0.158. The van der Waals surface area contributed by atoms with Gasteiger partial charge in [0, 0.05) is 24.2 Å². The molecule has 0 saturated carbocycles. The molecule has 7 heteroatoms. The molecule has 3 aromatic heterocycles. The first-order chi connectivity index (χ1) is 12.5. The molecule has 1 aliphatic heterocycles. The average Bonchev–Trinajstić information content (AvgIpc) is 3.12. The maximum Gasteiger partial charge on any atom is 0.325 e. The van der Waals surface area contributed by atoms with E-state index < -0.39 is 11.6 Å². The van der Waals surface area contributed by atoms with Crippen LogP contribution in [0.5, 0.6) is 0 Å². The molecule has 26 heavy (non-hydrogen) atoms. The molecule has 128 valence electrons. The topological polar surface area (TPSA) is 90.5 Å². The number of nitrogens with zero attached hydrogens (tertiary/aromatic N) is 4. The number of urea groups is 1. The Morgan fingerprint density at radius 1 is 1.23 bits per heavy atom. The molecule has 1 saturated heterocycles. The van der Waals surface area contributed by atoms with Crippen LogP contribution < -0.4 is 5.32 Å². The van der Waals surface area contributed by atoms with E-state index in [-0.39, 0.29) is 12.5 Å². The molecule has 0 unspecified atom stereocenters. The molecule has 1 aliphatic rings. The third kappa shape index (κ3) is 2.24. The molecule has 0 spiro atoms. The van der Waals surface area contributed by atoms with Crippen LogP contribution in [0.15, 0.2) is 55.0 Å². The first kappa shape index (κ1) is 15.8.